The zero-order valence-electron chi connectivity index (χ0n) is 10.3. The van der Waals surface area contributed by atoms with Crippen molar-refractivity contribution in [1.82, 2.24) is 8.97 Å². The molecule has 20 heavy (non-hydrogen) atoms. The molecular weight excluding hydrogens is 290 g/mol. The summed E-state index contributed by atoms with van der Waals surface area (Å²) in [6, 6.07) is 1.65. The molecule has 0 bridgehead atoms. The first kappa shape index (κ1) is 14.9. The number of nitrogens with one attached hydrogen (secondary N) is 1. The first-order valence-corrected chi connectivity index (χ1v) is 5.86. The van der Waals surface area contributed by atoms with Crippen molar-refractivity contribution in [3.8, 4) is 0 Å². The molecule has 0 radical (unpaired) electrons. The second-order valence-electron chi connectivity index (χ2n) is 4.45. The number of H-pyrrole nitrogens is 1. The van der Waals surface area contributed by atoms with Gasteiger partial charge in [-0.25, -0.2) is 9.78 Å². The molecule has 0 spiro atoms. The molecule has 0 aliphatic carbocycles. The lowest BCUT2D eigenvalue weighted by Gasteiger charge is -2.15. The van der Waals surface area contributed by atoms with Crippen LogP contribution in [0.3, 0.4) is 0 Å². The molecule has 1 aliphatic heterocycles. The molecule has 4 unspecified atom stereocenters. The molecule has 2 aromatic rings. The van der Waals surface area contributed by atoms with Crippen molar-refractivity contribution in [3.05, 3.63) is 35.1 Å². The number of halogens is 1. The van der Waals surface area contributed by atoms with Gasteiger partial charge in [-0.15, -0.1) is 4.40 Å². The second-order valence-corrected chi connectivity index (χ2v) is 4.45. The fourth-order valence-electron chi connectivity index (χ4n) is 2.28. The molecule has 4 N–H and O–H groups in total. The lowest BCUT2D eigenvalue weighted by molar-refractivity contribution is -0.343. The molecule has 4 atom stereocenters. The highest BCUT2D eigenvalue weighted by Crippen LogP contribution is 2.27. The molecule has 0 saturated carbocycles. The monoisotopic (exact) mass is 303 g/mol. The molecule has 9 heteroatoms. The van der Waals surface area contributed by atoms with Crippen LogP contribution in [0.4, 0.5) is 0 Å². The number of aromatic nitrogens is 3. The van der Waals surface area contributed by atoms with Crippen molar-refractivity contribution in [2.75, 3.05) is 6.61 Å². The molecular formula is C11H14ClN3O5. The third kappa shape index (κ3) is 2.11. The maximum atomic E-state index is 12.2. The Balaban J connectivity index is 0.00000147. The first-order valence-electron chi connectivity index (χ1n) is 5.86. The quantitative estimate of drug-likeness (QED) is 0.513. The van der Waals surface area contributed by atoms with Gasteiger partial charge in [-0.3, -0.25) is 4.57 Å². The Labute approximate surface area is 119 Å². The van der Waals surface area contributed by atoms with E-state index >= 15 is 0 Å². The molecule has 110 valence electrons. The van der Waals surface area contributed by atoms with Gasteiger partial charge in [0.05, 0.1) is 6.61 Å². The van der Waals surface area contributed by atoms with Gasteiger partial charge >= 0.3 is 5.69 Å². The Hall–Kier alpha value is -1.45. The van der Waals surface area contributed by atoms with E-state index in [0.717, 1.165) is 0 Å². The summed E-state index contributed by atoms with van der Waals surface area (Å²) in [7, 11) is 0. The van der Waals surface area contributed by atoms with Gasteiger partial charge in [-0.2, -0.15) is 0 Å². The average molecular weight is 304 g/mol. The second kappa shape index (κ2) is 5.51. The van der Waals surface area contributed by atoms with Gasteiger partial charge in [0.15, 0.2) is 6.23 Å². The van der Waals surface area contributed by atoms with Crippen LogP contribution in [-0.2, 0) is 4.74 Å². The van der Waals surface area contributed by atoms with Crippen LogP contribution in [0.15, 0.2) is 29.5 Å². The Morgan fingerprint density at radius 2 is 2.05 bits per heavy atom. The SMILES string of the molecule is O=c1n(C2OC(CO)C(O)C2O)ccc2[nH+]ccn12.[Cl-]. The zero-order chi connectivity index (χ0) is 13.6. The minimum Gasteiger partial charge on any atom is -1.00 e. The number of hydrogen-bond acceptors (Lipinski definition) is 5. The number of imidazole rings is 1. The standard InChI is InChI=1S/C11H13N3O5.ClH/c15-5-6-8(16)9(17)10(19-6)14-3-1-7-12-2-4-13(7)11(14)18;/h1-4,6,8-10,15-17H,5H2;1H. The van der Waals surface area contributed by atoms with Crippen LogP contribution in [0.1, 0.15) is 6.23 Å². The van der Waals surface area contributed by atoms with Gasteiger partial charge in [-0.1, -0.05) is 0 Å². The van der Waals surface area contributed by atoms with E-state index < -0.39 is 36.8 Å². The third-order valence-electron chi connectivity index (χ3n) is 3.33. The van der Waals surface area contributed by atoms with Crippen molar-refractivity contribution in [3.63, 3.8) is 0 Å². The molecule has 3 rings (SSSR count). The summed E-state index contributed by atoms with van der Waals surface area (Å²) < 4.78 is 7.86. The fourth-order valence-corrected chi connectivity index (χ4v) is 2.28. The van der Waals surface area contributed by atoms with Crippen molar-refractivity contribution < 1.29 is 37.4 Å². The number of aliphatic hydroxyl groups is 3. The first-order chi connectivity index (χ1) is 9.13. The number of ether oxygens (including phenoxy) is 1. The van der Waals surface area contributed by atoms with E-state index in [1.807, 2.05) is 0 Å². The minimum atomic E-state index is -1.27. The highest BCUT2D eigenvalue weighted by molar-refractivity contribution is 5.28. The maximum Gasteiger partial charge on any atom is 0.422 e. The largest absolute Gasteiger partial charge is 1.00 e. The Kier molecular flexibility index (Phi) is 4.11. The van der Waals surface area contributed by atoms with E-state index in [1.165, 1.54) is 15.2 Å². The van der Waals surface area contributed by atoms with E-state index in [2.05, 4.69) is 4.98 Å². The van der Waals surface area contributed by atoms with Crippen LogP contribution in [-0.4, -0.2) is 49.2 Å². The number of fused-ring (bicyclic) bond motifs is 1. The summed E-state index contributed by atoms with van der Waals surface area (Å²) >= 11 is 0. The van der Waals surface area contributed by atoms with Crippen LogP contribution in [0.25, 0.3) is 5.65 Å². The zero-order valence-corrected chi connectivity index (χ0v) is 11.0. The Bertz CT molecular complexity index is 657. The summed E-state index contributed by atoms with van der Waals surface area (Å²) in [6.45, 7) is -0.428. The summed E-state index contributed by atoms with van der Waals surface area (Å²) in [6.07, 6.45) is 0.202. The maximum absolute atomic E-state index is 12.2. The average Bonchev–Trinajstić information content (AvgIpc) is 2.98. The van der Waals surface area contributed by atoms with Crippen LogP contribution in [0, 0.1) is 0 Å². The molecule has 8 nitrogen and oxygen atoms in total. The highest BCUT2D eigenvalue weighted by atomic mass is 35.5. The summed E-state index contributed by atoms with van der Waals surface area (Å²) in [5.41, 5.74) is 0.196. The predicted octanol–water partition coefficient (Wildman–Crippen LogP) is -5.47. The summed E-state index contributed by atoms with van der Waals surface area (Å²) in [4.78, 5) is 15.1. The molecule has 1 aliphatic rings. The lowest BCUT2D eigenvalue weighted by Crippen LogP contribution is -3.00. The van der Waals surface area contributed by atoms with Crippen molar-refractivity contribution >= 4 is 5.65 Å². The number of hydrogen-bond donors (Lipinski definition) is 3. The summed E-state index contributed by atoms with van der Waals surface area (Å²) in [5.74, 6) is 0. The number of aromatic amines is 1. The van der Waals surface area contributed by atoms with Gasteiger partial charge in [-0.05, 0) is 0 Å². The molecule has 0 aromatic carbocycles. The van der Waals surface area contributed by atoms with E-state index in [9.17, 15) is 15.0 Å². The summed E-state index contributed by atoms with van der Waals surface area (Å²) in [5, 5.41) is 28.6. The van der Waals surface area contributed by atoms with Gasteiger partial charge in [0, 0.05) is 12.3 Å². The van der Waals surface area contributed by atoms with E-state index in [1.54, 1.807) is 18.5 Å². The number of nitrogens with zero attached hydrogens (tertiary/aromatic N) is 2. The fraction of sp³-hybridized carbons (Fsp3) is 0.455. The van der Waals surface area contributed by atoms with Gasteiger partial charge < -0.3 is 32.5 Å². The smallest absolute Gasteiger partial charge is 0.422 e. The molecule has 1 saturated heterocycles. The number of rotatable bonds is 2. The van der Waals surface area contributed by atoms with E-state index in [0.29, 0.717) is 5.65 Å². The molecule has 0 amide bonds. The Morgan fingerprint density at radius 3 is 2.70 bits per heavy atom. The van der Waals surface area contributed by atoms with Gasteiger partial charge in [0.25, 0.3) is 5.65 Å². The van der Waals surface area contributed by atoms with Gasteiger partial charge in [0.1, 0.15) is 30.7 Å². The molecule has 3 heterocycles. The Morgan fingerprint density at radius 1 is 1.30 bits per heavy atom. The van der Waals surface area contributed by atoms with Crippen molar-refractivity contribution in [2.45, 2.75) is 24.5 Å². The third-order valence-corrected chi connectivity index (χ3v) is 3.33. The topological polar surface area (TPSA) is 110 Å². The van der Waals surface area contributed by atoms with Crippen LogP contribution in [0.5, 0.6) is 0 Å². The molecule has 1 fully saturated rings. The van der Waals surface area contributed by atoms with Crippen molar-refractivity contribution in [1.29, 1.82) is 0 Å². The highest BCUT2D eigenvalue weighted by Gasteiger charge is 2.44. The minimum absolute atomic E-state index is 0. The molecule has 2 aromatic heterocycles. The van der Waals surface area contributed by atoms with Crippen LogP contribution in [0.2, 0.25) is 0 Å². The normalized spacial score (nSPS) is 29.6. The van der Waals surface area contributed by atoms with Crippen LogP contribution >= 0.6 is 0 Å². The van der Waals surface area contributed by atoms with E-state index in [4.69, 9.17) is 9.84 Å². The number of aliphatic hydroxyl groups excluding tert-OH is 3. The van der Waals surface area contributed by atoms with E-state index in [-0.39, 0.29) is 12.4 Å². The predicted molar refractivity (Wildman–Crippen MR) is 61.2 cm³/mol. The van der Waals surface area contributed by atoms with Crippen molar-refractivity contribution in [2.24, 2.45) is 0 Å². The van der Waals surface area contributed by atoms with Gasteiger partial charge in [0.2, 0.25) is 0 Å². The lowest BCUT2D eigenvalue weighted by atomic mass is 10.1. The van der Waals surface area contributed by atoms with Crippen LogP contribution < -0.4 is 23.1 Å².